The van der Waals surface area contributed by atoms with Gasteiger partial charge < -0.3 is 10.0 Å². The minimum Gasteiger partial charge on any atom is -0.481 e. The molecule has 0 spiro atoms. The number of amides is 1. The van der Waals surface area contributed by atoms with Gasteiger partial charge in [0.1, 0.15) is 0 Å². The van der Waals surface area contributed by atoms with Crippen LogP contribution >= 0.6 is 11.8 Å². The van der Waals surface area contributed by atoms with E-state index in [1.165, 1.54) is 0 Å². The molecule has 2 fully saturated rings. The van der Waals surface area contributed by atoms with Crippen molar-refractivity contribution in [3.8, 4) is 0 Å². The molecule has 0 aromatic rings. The van der Waals surface area contributed by atoms with Crippen molar-refractivity contribution >= 4 is 23.6 Å². The molecular formula is C12H19NO3S. The highest BCUT2D eigenvalue weighted by Gasteiger charge is 2.40. The van der Waals surface area contributed by atoms with Gasteiger partial charge in [0.05, 0.1) is 5.92 Å². The van der Waals surface area contributed by atoms with Crippen molar-refractivity contribution in [3.63, 3.8) is 0 Å². The van der Waals surface area contributed by atoms with Crippen molar-refractivity contribution < 1.29 is 14.7 Å². The van der Waals surface area contributed by atoms with Crippen LogP contribution in [-0.2, 0) is 9.59 Å². The number of hydrogen-bond donors (Lipinski definition) is 1. The van der Waals surface area contributed by atoms with Crippen LogP contribution in [0.25, 0.3) is 0 Å². The lowest BCUT2D eigenvalue weighted by Crippen LogP contribution is -2.35. The smallest absolute Gasteiger partial charge is 0.308 e. The Hall–Kier alpha value is -0.710. The molecule has 1 saturated carbocycles. The Balaban J connectivity index is 1.91. The SMILES string of the molecule is CCSC1CCC(N2CC(C(=O)O)CC2=O)C1. The average Bonchev–Trinajstić information content (AvgIpc) is 2.85. The predicted molar refractivity (Wildman–Crippen MR) is 67.0 cm³/mol. The molecule has 0 bridgehead atoms. The van der Waals surface area contributed by atoms with E-state index in [9.17, 15) is 9.59 Å². The number of likely N-dealkylation sites (tertiary alicyclic amines) is 1. The lowest BCUT2D eigenvalue weighted by atomic mass is 10.1. The Morgan fingerprint density at radius 2 is 2.29 bits per heavy atom. The molecule has 1 N–H and O–H groups in total. The van der Waals surface area contributed by atoms with E-state index >= 15 is 0 Å². The van der Waals surface area contributed by atoms with E-state index < -0.39 is 11.9 Å². The molecule has 96 valence electrons. The number of aliphatic carboxylic acids is 1. The highest BCUT2D eigenvalue weighted by Crippen LogP contribution is 2.35. The van der Waals surface area contributed by atoms with E-state index in [-0.39, 0.29) is 18.4 Å². The third-order valence-corrected chi connectivity index (χ3v) is 4.94. The van der Waals surface area contributed by atoms with Crippen molar-refractivity contribution in [1.82, 2.24) is 4.90 Å². The fourth-order valence-electron chi connectivity index (χ4n) is 2.84. The van der Waals surface area contributed by atoms with E-state index in [0.717, 1.165) is 25.0 Å². The zero-order valence-corrected chi connectivity index (χ0v) is 10.9. The molecule has 4 nitrogen and oxygen atoms in total. The molecule has 1 aliphatic heterocycles. The Morgan fingerprint density at radius 1 is 1.53 bits per heavy atom. The predicted octanol–water partition coefficient (Wildman–Crippen LogP) is 1.59. The van der Waals surface area contributed by atoms with Crippen molar-refractivity contribution in [2.24, 2.45) is 5.92 Å². The second-order valence-electron chi connectivity index (χ2n) is 4.83. The lowest BCUT2D eigenvalue weighted by Gasteiger charge is -2.24. The monoisotopic (exact) mass is 257 g/mol. The molecule has 0 aromatic heterocycles. The van der Waals surface area contributed by atoms with E-state index in [1.807, 2.05) is 16.7 Å². The topological polar surface area (TPSA) is 57.6 Å². The molecule has 5 heteroatoms. The van der Waals surface area contributed by atoms with Gasteiger partial charge >= 0.3 is 5.97 Å². The summed E-state index contributed by atoms with van der Waals surface area (Å²) in [6.45, 7) is 2.57. The summed E-state index contributed by atoms with van der Waals surface area (Å²) < 4.78 is 0. The van der Waals surface area contributed by atoms with Crippen LogP contribution in [0.3, 0.4) is 0 Å². The Bertz CT molecular complexity index is 321. The van der Waals surface area contributed by atoms with Crippen LogP contribution in [0.1, 0.15) is 32.6 Å². The number of nitrogens with zero attached hydrogens (tertiary/aromatic N) is 1. The Kier molecular flexibility index (Phi) is 3.97. The highest BCUT2D eigenvalue weighted by molar-refractivity contribution is 7.99. The number of rotatable bonds is 4. The number of carbonyl (C=O) groups is 2. The van der Waals surface area contributed by atoms with Crippen LogP contribution in [0.2, 0.25) is 0 Å². The maximum atomic E-state index is 11.8. The van der Waals surface area contributed by atoms with Crippen molar-refractivity contribution in [2.75, 3.05) is 12.3 Å². The number of carboxylic acid groups (broad SMARTS) is 1. The average molecular weight is 257 g/mol. The van der Waals surface area contributed by atoms with Crippen LogP contribution in [0.15, 0.2) is 0 Å². The van der Waals surface area contributed by atoms with E-state index in [4.69, 9.17) is 5.11 Å². The summed E-state index contributed by atoms with van der Waals surface area (Å²) in [6, 6.07) is 0.288. The third kappa shape index (κ3) is 2.76. The van der Waals surface area contributed by atoms with E-state index in [1.54, 1.807) is 0 Å². The first-order valence-electron chi connectivity index (χ1n) is 6.25. The standard InChI is InChI=1S/C12H19NO3S/c1-2-17-10-4-3-9(6-10)13-7-8(12(15)16)5-11(13)14/h8-10H,2-7H2,1H3,(H,15,16). The Morgan fingerprint density at radius 3 is 2.88 bits per heavy atom. The van der Waals surface area contributed by atoms with Crippen LogP contribution < -0.4 is 0 Å². The van der Waals surface area contributed by atoms with Gasteiger partial charge in [-0.15, -0.1) is 0 Å². The zero-order valence-electron chi connectivity index (χ0n) is 10.1. The fraction of sp³-hybridized carbons (Fsp3) is 0.833. The van der Waals surface area contributed by atoms with Crippen LogP contribution in [-0.4, -0.2) is 45.5 Å². The normalized spacial score (nSPS) is 33.4. The number of hydrogen-bond acceptors (Lipinski definition) is 3. The molecule has 0 radical (unpaired) electrons. The second-order valence-corrected chi connectivity index (χ2v) is 6.41. The molecular weight excluding hydrogens is 238 g/mol. The largest absolute Gasteiger partial charge is 0.481 e. The van der Waals surface area contributed by atoms with Crippen molar-refractivity contribution in [1.29, 1.82) is 0 Å². The molecule has 0 aromatic carbocycles. The summed E-state index contributed by atoms with van der Waals surface area (Å²) in [6.07, 6.45) is 3.43. The minimum atomic E-state index is -0.835. The van der Waals surface area contributed by atoms with Gasteiger partial charge in [0.25, 0.3) is 0 Å². The molecule has 1 saturated heterocycles. The molecule has 17 heavy (non-hydrogen) atoms. The van der Waals surface area contributed by atoms with Gasteiger partial charge in [-0.25, -0.2) is 0 Å². The summed E-state index contributed by atoms with van der Waals surface area (Å²) in [5.41, 5.74) is 0. The molecule has 1 heterocycles. The van der Waals surface area contributed by atoms with Crippen LogP contribution in [0, 0.1) is 5.92 Å². The van der Waals surface area contributed by atoms with Gasteiger partial charge in [0.15, 0.2) is 0 Å². The van der Waals surface area contributed by atoms with Gasteiger partial charge in [-0.05, 0) is 25.0 Å². The van der Waals surface area contributed by atoms with Gasteiger partial charge in [-0.2, -0.15) is 11.8 Å². The quantitative estimate of drug-likeness (QED) is 0.831. The zero-order chi connectivity index (χ0) is 12.4. The van der Waals surface area contributed by atoms with E-state index in [2.05, 4.69) is 6.92 Å². The summed E-state index contributed by atoms with van der Waals surface area (Å²) >= 11 is 1.96. The maximum Gasteiger partial charge on any atom is 0.308 e. The molecule has 1 amide bonds. The van der Waals surface area contributed by atoms with Gasteiger partial charge in [0, 0.05) is 24.3 Å². The molecule has 3 atom stereocenters. The maximum absolute atomic E-state index is 11.8. The second kappa shape index (κ2) is 5.29. The molecule has 3 unspecified atom stereocenters. The first kappa shape index (κ1) is 12.7. The first-order chi connectivity index (χ1) is 8.11. The van der Waals surface area contributed by atoms with Crippen molar-refractivity contribution in [2.45, 2.75) is 43.9 Å². The summed E-state index contributed by atoms with van der Waals surface area (Å²) in [4.78, 5) is 24.5. The van der Waals surface area contributed by atoms with Gasteiger partial charge in [-0.1, -0.05) is 6.92 Å². The number of carboxylic acids is 1. The Labute approximate surface area is 106 Å². The summed E-state index contributed by atoms with van der Waals surface area (Å²) in [7, 11) is 0. The van der Waals surface area contributed by atoms with E-state index in [0.29, 0.717) is 11.8 Å². The first-order valence-corrected chi connectivity index (χ1v) is 7.30. The highest BCUT2D eigenvalue weighted by atomic mass is 32.2. The number of thioether (sulfide) groups is 1. The van der Waals surface area contributed by atoms with Crippen molar-refractivity contribution in [3.05, 3.63) is 0 Å². The number of carbonyl (C=O) groups excluding carboxylic acids is 1. The summed E-state index contributed by atoms with van der Waals surface area (Å²) in [5.74, 6) is -0.174. The minimum absolute atomic E-state index is 0.0320. The molecule has 2 aliphatic rings. The van der Waals surface area contributed by atoms with Gasteiger partial charge in [0.2, 0.25) is 5.91 Å². The fourth-order valence-corrected chi connectivity index (χ4v) is 3.97. The lowest BCUT2D eigenvalue weighted by molar-refractivity contribution is -0.141. The van der Waals surface area contributed by atoms with Crippen LogP contribution in [0.4, 0.5) is 0 Å². The van der Waals surface area contributed by atoms with Crippen LogP contribution in [0.5, 0.6) is 0 Å². The molecule has 1 aliphatic carbocycles. The van der Waals surface area contributed by atoms with Gasteiger partial charge in [-0.3, -0.25) is 9.59 Å². The third-order valence-electron chi connectivity index (χ3n) is 3.71. The molecule has 2 rings (SSSR count). The summed E-state index contributed by atoms with van der Waals surface area (Å²) in [5, 5.41) is 9.60.